The largest absolute Gasteiger partial charge is 0.504 e. The van der Waals surface area contributed by atoms with Crippen molar-refractivity contribution in [2.75, 3.05) is 0 Å². The van der Waals surface area contributed by atoms with E-state index >= 15 is 0 Å². The number of hydrogen-bond acceptors (Lipinski definition) is 6. The molecule has 0 saturated carbocycles. The standard InChI is InChI=1S/C24H21F9O6/c25-22(26,27)19(37)10-16(34)4-1-13-7-14(2-5-17(35)11-20(38)23(28,29)30)9-15(8-13)3-6-18(36)12-21(39)24(31,32)33/h7-12,37-39H,1-6H2/b19-10-,20-11+,21-12+. The van der Waals surface area contributed by atoms with Crippen molar-refractivity contribution in [3.8, 4) is 0 Å². The zero-order chi connectivity index (χ0) is 30.2. The number of carbonyl (C=O) groups is 3. The molecule has 0 fully saturated rings. The minimum atomic E-state index is -5.15. The van der Waals surface area contributed by atoms with Gasteiger partial charge in [-0.2, -0.15) is 39.5 Å². The maximum atomic E-state index is 12.4. The summed E-state index contributed by atoms with van der Waals surface area (Å²) in [6, 6.07) is 4.09. The minimum Gasteiger partial charge on any atom is -0.504 e. The fraction of sp³-hybridized carbons (Fsp3) is 0.375. The smallest absolute Gasteiger partial charge is 0.448 e. The van der Waals surface area contributed by atoms with Gasteiger partial charge in [-0.25, -0.2) is 0 Å². The zero-order valence-electron chi connectivity index (χ0n) is 19.7. The highest BCUT2D eigenvalue weighted by Gasteiger charge is 2.35. The fourth-order valence-electron chi connectivity index (χ4n) is 2.99. The first kappa shape index (κ1) is 33.2. The maximum absolute atomic E-state index is 12.4. The van der Waals surface area contributed by atoms with Gasteiger partial charge in [-0.1, -0.05) is 18.2 Å². The van der Waals surface area contributed by atoms with Crippen molar-refractivity contribution in [1.82, 2.24) is 0 Å². The SMILES string of the molecule is O=C(/C=C(\O)C(F)(F)F)CCc1cc(CCC(=O)/C=C(/O)C(F)(F)F)cc(CCC(=O)/C=C(/O)C(F)(F)F)c1. The Balaban J connectivity index is 3.11. The molecule has 0 amide bonds. The quantitative estimate of drug-likeness (QED) is 0.155. The lowest BCUT2D eigenvalue weighted by molar-refractivity contribution is -0.125. The van der Waals surface area contributed by atoms with E-state index in [4.69, 9.17) is 15.3 Å². The van der Waals surface area contributed by atoms with Crippen LogP contribution in [0.1, 0.15) is 36.0 Å². The van der Waals surface area contributed by atoms with Crippen molar-refractivity contribution in [1.29, 1.82) is 0 Å². The molecule has 0 unspecified atom stereocenters. The van der Waals surface area contributed by atoms with Gasteiger partial charge in [0.1, 0.15) is 0 Å². The van der Waals surface area contributed by atoms with Gasteiger partial charge in [-0.15, -0.1) is 0 Å². The molecule has 0 saturated heterocycles. The summed E-state index contributed by atoms with van der Waals surface area (Å²) in [7, 11) is 0. The molecule has 3 N–H and O–H groups in total. The third kappa shape index (κ3) is 12.5. The average Bonchev–Trinajstić information content (AvgIpc) is 2.78. The lowest BCUT2D eigenvalue weighted by atomic mass is 9.95. The van der Waals surface area contributed by atoms with Crippen LogP contribution in [-0.4, -0.2) is 51.2 Å². The number of halogens is 9. The van der Waals surface area contributed by atoms with Crippen LogP contribution >= 0.6 is 0 Å². The van der Waals surface area contributed by atoms with Gasteiger partial charge >= 0.3 is 18.5 Å². The number of aryl methyl sites for hydroxylation is 3. The molecule has 1 aromatic carbocycles. The van der Waals surface area contributed by atoms with Crippen LogP contribution in [0.15, 0.2) is 53.7 Å². The summed E-state index contributed by atoms with van der Waals surface area (Å²) in [6.07, 6.45) is -17.8. The van der Waals surface area contributed by atoms with Crippen LogP contribution in [0.2, 0.25) is 0 Å². The van der Waals surface area contributed by atoms with Gasteiger partial charge in [-0.3, -0.25) is 14.4 Å². The summed E-state index contributed by atoms with van der Waals surface area (Å²) in [4.78, 5) is 35.3. The van der Waals surface area contributed by atoms with E-state index in [1.54, 1.807) is 0 Å². The number of rotatable bonds is 12. The Morgan fingerprint density at radius 2 is 0.718 bits per heavy atom. The van der Waals surface area contributed by atoms with E-state index in [-0.39, 0.29) is 54.2 Å². The molecule has 0 aliphatic rings. The van der Waals surface area contributed by atoms with Crippen LogP contribution in [0, 0.1) is 0 Å². The third-order valence-corrected chi connectivity index (χ3v) is 4.86. The molecule has 0 spiro atoms. The average molecular weight is 576 g/mol. The summed E-state index contributed by atoms with van der Waals surface area (Å²) in [5.41, 5.74) is 0.786. The molecule has 0 aliphatic carbocycles. The molecule has 39 heavy (non-hydrogen) atoms. The molecule has 0 radical (unpaired) electrons. The Morgan fingerprint density at radius 1 is 0.513 bits per heavy atom. The van der Waals surface area contributed by atoms with E-state index in [1.165, 1.54) is 18.2 Å². The summed E-state index contributed by atoms with van der Waals surface area (Å²) in [6.45, 7) is 0. The molecule has 0 heterocycles. The Kier molecular flexibility index (Phi) is 11.4. The van der Waals surface area contributed by atoms with E-state index in [0.717, 1.165) is 0 Å². The molecular weight excluding hydrogens is 555 g/mol. The van der Waals surface area contributed by atoms with Crippen LogP contribution in [0.25, 0.3) is 0 Å². The van der Waals surface area contributed by atoms with Crippen molar-refractivity contribution in [2.45, 2.75) is 57.1 Å². The number of aliphatic hydroxyl groups excluding tert-OH is 3. The lowest BCUT2D eigenvalue weighted by Crippen LogP contribution is -2.13. The second-order valence-corrected chi connectivity index (χ2v) is 8.14. The highest BCUT2D eigenvalue weighted by Crippen LogP contribution is 2.25. The van der Waals surface area contributed by atoms with E-state index in [0.29, 0.717) is 0 Å². The second kappa shape index (κ2) is 13.3. The van der Waals surface area contributed by atoms with Gasteiger partial charge in [-0.05, 0) is 36.0 Å². The van der Waals surface area contributed by atoms with E-state index in [9.17, 15) is 53.9 Å². The highest BCUT2D eigenvalue weighted by atomic mass is 19.4. The maximum Gasteiger partial charge on any atom is 0.448 e. The van der Waals surface area contributed by atoms with Gasteiger partial charge in [0, 0.05) is 37.5 Å². The van der Waals surface area contributed by atoms with E-state index in [1.807, 2.05) is 0 Å². The summed E-state index contributed by atoms with van der Waals surface area (Å²) >= 11 is 0. The number of hydrogen-bond donors (Lipinski definition) is 3. The van der Waals surface area contributed by atoms with Gasteiger partial charge in [0.25, 0.3) is 0 Å². The number of carbonyl (C=O) groups excluding carboxylic acids is 3. The molecule has 0 atom stereocenters. The highest BCUT2D eigenvalue weighted by molar-refractivity contribution is 5.91. The van der Waals surface area contributed by atoms with Crippen molar-refractivity contribution in [2.24, 2.45) is 0 Å². The third-order valence-electron chi connectivity index (χ3n) is 4.86. The zero-order valence-corrected chi connectivity index (χ0v) is 19.7. The Labute approximate surface area is 214 Å². The molecule has 0 bridgehead atoms. The van der Waals surface area contributed by atoms with Crippen molar-refractivity contribution < 1.29 is 69.2 Å². The van der Waals surface area contributed by atoms with Gasteiger partial charge in [0.15, 0.2) is 17.3 Å². The van der Waals surface area contributed by atoms with Crippen LogP contribution in [0.5, 0.6) is 0 Å². The molecule has 216 valence electrons. The molecule has 1 aromatic rings. The minimum absolute atomic E-state index is 0.0268. The topological polar surface area (TPSA) is 112 Å². The van der Waals surface area contributed by atoms with Gasteiger partial charge in [0.05, 0.1) is 0 Å². The number of benzene rings is 1. The lowest BCUT2D eigenvalue weighted by Gasteiger charge is -2.10. The summed E-state index contributed by atoms with van der Waals surface area (Å²) in [5, 5.41) is 26.6. The predicted octanol–water partition coefficient (Wildman–Crippen LogP) is 6.20. The Hall–Kier alpha value is -3.78. The van der Waals surface area contributed by atoms with Crippen LogP contribution in [0.4, 0.5) is 39.5 Å². The van der Waals surface area contributed by atoms with Crippen LogP contribution in [-0.2, 0) is 33.6 Å². The molecule has 15 heteroatoms. The molecule has 1 rings (SSSR count). The van der Waals surface area contributed by atoms with E-state index in [2.05, 4.69) is 0 Å². The molecule has 0 aromatic heterocycles. The Morgan fingerprint density at radius 3 is 0.897 bits per heavy atom. The first-order valence-corrected chi connectivity index (χ1v) is 10.8. The van der Waals surface area contributed by atoms with Crippen molar-refractivity contribution in [3.63, 3.8) is 0 Å². The number of ketones is 3. The summed E-state index contributed by atoms with van der Waals surface area (Å²) < 4.78 is 111. The molecular formula is C24H21F9O6. The van der Waals surface area contributed by atoms with Gasteiger partial charge < -0.3 is 15.3 Å². The summed E-state index contributed by atoms with van der Waals surface area (Å²) in [5.74, 6) is -9.69. The fourth-order valence-corrected chi connectivity index (χ4v) is 2.99. The molecule has 6 nitrogen and oxygen atoms in total. The van der Waals surface area contributed by atoms with Crippen LogP contribution < -0.4 is 0 Å². The predicted molar refractivity (Wildman–Crippen MR) is 117 cm³/mol. The normalized spacial score (nSPS) is 13.9. The number of aliphatic hydroxyl groups is 3. The Bertz CT molecular complexity index is 1000. The second-order valence-electron chi connectivity index (χ2n) is 8.14. The van der Waals surface area contributed by atoms with Gasteiger partial charge in [0.2, 0.25) is 17.3 Å². The van der Waals surface area contributed by atoms with Crippen molar-refractivity contribution in [3.05, 3.63) is 70.4 Å². The monoisotopic (exact) mass is 576 g/mol. The molecule has 0 aliphatic heterocycles. The number of alkyl halides is 9. The van der Waals surface area contributed by atoms with Crippen LogP contribution in [0.3, 0.4) is 0 Å². The first-order chi connectivity index (χ1) is 17.7. The van der Waals surface area contributed by atoms with E-state index < -0.39 is 72.4 Å². The van der Waals surface area contributed by atoms with Crippen molar-refractivity contribution >= 4 is 17.3 Å². The number of allylic oxidation sites excluding steroid dienone is 6. The first-order valence-electron chi connectivity index (χ1n) is 10.8.